The van der Waals surface area contributed by atoms with E-state index in [0.29, 0.717) is 17.4 Å². The lowest BCUT2D eigenvalue weighted by molar-refractivity contribution is -0.131. The number of amides is 1. The molecule has 1 aliphatic rings. The zero-order chi connectivity index (χ0) is 16.2. The summed E-state index contributed by atoms with van der Waals surface area (Å²) in [4.78, 5) is 26.8. The van der Waals surface area contributed by atoms with Gasteiger partial charge in [0.15, 0.2) is 5.82 Å². The van der Waals surface area contributed by atoms with Gasteiger partial charge in [0, 0.05) is 24.0 Å². The van der Waals surface area contributed by atoms with Crippen molar-refractivity contribution in [2.75, 3.05) is 5.32 Å². The van der Waals surface area contributed by atoms with Crippen LogP contribution in [-0.2, 0) is 9.59 Å². The number of hydrogen-bond acceptors (Lipinski definition) is 4. The van der Waals surface area contributed by atoms with Gasteiger partial charge in [-0.1, -0.05) is 18.2 Å². The van der Waals surface area contributed by atoms with E-state index >= 15 is 0 Å². The highest BCUT2D eigenvalue weighted by Gasteiger charge is 2.27. The molecule has 0 saturated heterocycles. The number of aliphatic carboxylic acids is 1. The largest absolute Gasteiger partial charge is 0.478 e. The lowest BCUT2D eigenvalue weighted by Crippen LogP contribution is -2.11. The van der Waals surface area contributed by atoms with E-state index in [2.05, 4.69) is 20.5 Å². The summed E-state index contributed by atoms with van der Waals surface area (Å²) >= 11 is 0. The number of carboxylic acid groups (broad SMARTS) is 1. The molecule has 0 bridgehead atoms. The Kier molecular flexibility index (Phi) is 4.18. The van der Waals surface area contributed by atoms with Crippen LogP contribution in [0.2, 0.25) is 0 Å². The van der Waals surface area contributed by atoms with Gasteiger partial charge >= 0.3 is 5.97 Å². The number of rotatable bonds is 6. The molecule has 1 saturated carbocycles. The first-order valence-corrected chi connectivity index (χ1v) is 7.34. The third kappa shape index (κ3) is 3.82. The molecule has 0 atom stereocenters. The molecule has 2 aromatic rings. The number of anilines is 1. The second-order valence-corrected chi connectivity index (χ2v) is 5.36. The summed E-state index contributed by atoms with van der Waals surface area (Å²) < 4.78 is 0. The fraction of sp³-hybridized carbons (Fsp3) is 0.250. The Labute approximate surface area is 132 Å². The van der Waals surface area contributed by atoms with E-state index in [9.17, 15) is 9.59 Å². The number of carbonyl (C=O) groups excluding carboxylic acids is 1. The normalized spacial score (nSPS) is 14.1. The van der Waals surface area contributed by atoms with Crippen molar-refractivity contribution in [3.63, 3.8) is 0 Å². The Morgan fingerprint density at radius 1 is 1.35 bits per heavy atom. The number of nitrogens with one attached hydrogen (secondary N) is 2. The zero-order valence-corrected chi connectivity index (χ0v) is 12.3. The minimum atomic E-state index is -1.08. The summed E-state index contributed by atoms with van der Waals surface area (Å²) in [5, 5.41) is 18.4. The fourth-order valence-electron chi connectivity index (χ4n) is 2.19. The lowest BCUT2D eigenvalue weighted by atomic mass is 10.1. The Bertz CT molecular complexity index is 762. The molecule has 1 aromatic heterocycles. The Balaban J connectivity index is 1.74. The van der Waals surface area contributed by atoms with Gasteiger partial charge < -0.3 is 10.4 Å². The number of aromatic amines is 1. The summed E-state index contributed by atoms with van der Waals surface area (Å²) in [6, 6.07) is 7.26. The summed E-state index contributed by atoms with van der Waals surface area (Å²) in [5.74, 6) is 0.521. The van der Waals surface area contributed by atoms with Gasteiger partial charge in [0.25, 0.3) is 0 Å². The SMILES string of the molecule is O=C(O)/C=C/CC(=O)Nc1ccccc1-c1n[nH]c(C2CC2)n1. The van der Waals surface area contributed by atoms with Crippen molar-refractivity contribution < 1.29 is 14.7 Å². The lowest BCUT2D eigenvalue weighted by Gasteiger charge is -2.07. The molecule has 0 radical (unpaired) electrons. The number of carbonyl (C=O) groups is 2. The second-order valence-electron chi connectivity index (χ2n) is 5.36. The zero-order valence-electron chi connectivity index (χ0n) is 12.3. The van der Waals surface area contributed by atoms with Gasteiger partial charge in [0.05, 0.1) is 5.69 Å². The van der Waals surface area contributed by atoms with E-state index in [-0.39, 0.29) is 12.3 Å². The van der Waals surface area contributed by atoms with E-state index in [0.717, 1.165) is 30.3 Å². The standard InChI is InChI=1S/C16H16N4O3/c21-13(6-3-7-14(22)23)17-12-5-2-1-4-11(12)16-18-15(19-20-16)10-8-9-10/h1-5,7,10H,6,8-9H2,(H,17,21)(H,22,23)(H,18,19,20)/b7-3+. The molecule has 7 heteroatoms. The number of H-pyrrole nitrogens is 1. The van der Waals surface area contributed by atoms with Gasteiger partial charge in [-0.3, -0.25) is 9.89 Å². The molecule has 0 aliphatic heterocycles. The first-order chi connectivity index (χ1) is 11.1. The van der Waals surface area contributed by atoms with Crippen molar-refractivity contribution >= 4 is 17.6 Å². The van der Waals surface area contributed by atoms with E-state index in [1.54, 1.807) is 12.1 Å². The summed E-state index contributed by atoms with van der Waals surface area (Å²) in [7, 11) is 0. The number of benzene rings is 1. The summed E-state index contributed by atoms with van der Waals surface area (Å²) in [5.41, 5.74) is 1.33. The maximum absolute atomic E-state index is 11.9. The first-order valence-electron chi connectivity index (χ1n) is 7.34. The Hall–Kier alpha value is -2.96. The molecular formula is C16H16N4O3. The third-order valence-corrected chi connectivity index (χ3v) is 3.47. The van der Waals surface area contributed by atoms with Crippen LogP contribution in [0.4, 0.5) is 5.69 Å². The molecule has 0 spiro atoms. The van der Waals surface area contributed by atoms with Crippen molar-refractivity contribution in [1.29, 1.82) is 0 Å². The number of carboxylic acids is 1. The van der Waals surface area contributed by atoms with Crippen LogP contribution in [0.1, 0.15) is 31.0 Å². The third-order valence-electron chi connectivity index (χ3n) is 3.47. The van der Waals surface area contributed by atoms with Crippen molar-refractivity contribution in [2.45, 2.75) is 25.2 Å². The van der Waals surface area contributed by atoms with Gasteiger partial charge in [-0.25, -0.2) is 9.78 Å². The molecule has 118 valence electrons. The second kappa shape index (κ2) is 6.43. The fourth-order valence-corrected chi connectivity index (χ4v) is 2.19. The van der Waals surface area contributed by atoms with Crippen molar-refractivity contribution in [3.05, 3.63) is 42.2 Å². The highest BCUT2D eigenvalue weighted by atomic mass is 16.4. The van der Waals surface area contributed by atoms with Crippen LogP contribution in [0.25, 0.3) is 11.4 Å². The molecule has 3 rings (SSSR count). The Morgan fingerprint density at radius 3 is 2.87 bits per heavy atom. The van der Waals surface area contributed by atoms with Crippen LogP contribution < -0.4 is 5.32 Å². The number of hydrogen-bond donors (Lipinski definition) is 3. The van der Waals surface area contributed by atoms with Gasteiger partial charge in [-0.15, -0.1) is 0 Å². The molecule has 3 N–H and O–H groups in total. The van der Waals surface area contributed by atoms with Crippen LogP contribution in [0.15, 0.2) is 36.4 Å². The van der Waals surface area contributed by atoms with E-state index in [1.165, 1.54) is 6.08 Å². The van der Waals surface area contributed by atoms with Crippen molar-refractivity contribution in [1.82, 2.24) is 15.2 Å². The van der Waals surface area contributed by atoms with Crippen molar-refractivity contribution in [2.24, 2.45) is 0 Å². The van der Waals surface area contributed by atoms with Crippen LogP contribution in [0.5, 0.6) is 0 Å². The number of para-hydroxylation sites is 1. The summed E-state index contributed by atoms with van der Waals surface area (Å²) in [6.07, 6.45) is 4.49. The highest BCUT2D eigenvalue weighted by molar-refractivity contribution is 5.95. The van der Waals surface area contributed by atoms with Crippen LogP contribution >= 0.6 is 0 Å². The van der Waals surface area contributed by atoms with Crippen LogP contribution in [0.3, 0.4) is 0 Å². The van der Waals surface area contributed by atoms with E-state index in [1.807, 2.05) is 12.1 Å². The molecule has 23 heavy (non-hydrogen) atoms. The average molecular weight is 312 g/mol. The molecule has 1 amide bonds. The highest BCUT2D eigenvalue weighted by Crippen LogP contribution is 2.38. The minimum absolute atomic E-state index is 0.0120. The summed E-state index contributed by atoms with van der Waals surface area (Å²) in [6.45, 7) is 0. The maximum Gasteiger partial charge on any atom is 0.327 e. The quantitative estimate of drug-likeness (QED) is 0.709. The predicted molar refractivity (Wildman–Crippen MR) is 83.8 cm³/mol. The molecule has 0 unspecified atom stereocenters. The molecule has 1 fully saturated rings. The van der Waals surface area contributed by atoms with E-state index < -0.39 is 5.97 Å². The molecule has 7 nitrogen and oxygen atoms in total. The Morgan fingerprint density at radius 2 is 2.13 bits per heavy atom. The van der Waals surface area contributed by atoms with Gasteiger partial charge in [-0.2, -0.15) is 5.10 Å². The minimum Gasteiger partial charge on any atom is -0.478 e. The van der Waals surface area contributed by atoms with Crippen molar-refractivity contribution in [3.8, 4) is 11.4 Å². The molecule has 1 heterocycles. The smallest absolute Gasteiger partial charge is 0.327 e. The van der Waals surface area contributed by atoms with E-state index in [4.69, 9.17) is 5.11 Å². The predicted octanol–water partition coefficient (Wildman–Crippen LogP) is 2.32. The maximum atomic E-state index is 11.9. The van der Waals surface area contributed by atoms with Gasteiger partial charge in [0.2, 0.25) is 5.91 Å². The van der Waals surface area contributed by atoms with Crippen LogP contribution in [-0.4, -0.2) is 32.2 Å². The molecular weight excluding hydrogens is 296 g/mol. The van der Waals surface area contributed by atoms with Gasteiger partial charge in [0.1, 0.15) is 5.82 Å². The molecule has 1 aromatic carbocycles. The number of aromatic nitrogens is 3. The first kappa shape index (κ1) is 15.0. The topological polar surface area (TPSA) is 108 Å². The van der Waals surface area contributed by atoms with Crippen LogP contribution in [0, 0.1) is 0 Å². The average Bonchev–Trinajstić information content (AvgIpc) is 3.25. The van der Waals surface area contributed by atoms with Gasteiger partial charge in [-0.05, 0) is 25.0 Å². The monoisotopic (exact) mass is 312 g/mol. The number of nitrogens with zero attached hydrogens (tertiary/aromatic N) is 2. The molecule has 1 aliphatic carbocycles.